The monoisotopic (exact) mass is 390 g/mol. The van der Waals surface area contributed by atoms with Gasteiger partial charge in [-0.2, -0.15) is 13.2 Å². The normalized spacial score (nSPS) is 17.6. The smallest absolute Gasteiger partial charge is 0.388 e. The van der Waals surface area contributed by atoms with Crippen LogP contribution in [0, 0.1) is 0 Å². The molecule has 1 aliphatic heterocycles. The fourth-order valence-electron chi connectivity index (χ4n) is 2.91. The van der Waals surface area contributed by atoms with Crippen molar-refractivity contribution in [1.29, 1.82) is 0 Å². The molecule has 1 heterocycles. The average molecular weight is 390 g/mol. The fourth-order valence-corrected chi connectivity index (χ4v) is 4.92. The predicted molar refractivity (Wildman–Crippen MR) is 103 cm³/mol. The van der Waals surface area contributed by atoms with Crippen LogP contribution in [0.25, 0.3) is 4.91 Å². The largest absolute Gasteiger partial charge is 0.492 e. The molecule has 1 unspecified atom stereocenters. The second-order valence-corrected chi connectivity index (χ2v) is 7.56. The summed E-state index contributed by atoms with van der Waals surface area (Å²) < 4.78 is 43.9. The van der Waals surface area contributed by atoms with Gasteiger partial charge in [-0.3, -0.25) is 0 Å². The molecule has 0 saturated heterocycles. The van der Waals surface area contributed by atoms with E-state index in [1.807, 2.05) is 32.1 Å². The molecule has 0 N–H and O–H groups in total. The first-order chi connectivity index (χ1) is 12.8. The van der Waals surface area contributed by atoms with Gasteiger partial charge in [0.05, 0.1) is 0 Å². The highest BCUT2D eigenvalue weighted by Gasteiger charge is 2.43. The first-order valence-electron chi connectivity index (χ1n) is 8.20. The summed E-state index contributed by atoms with van der Waals surface area (Å²) in [4.78, 5) is 12.9. The summed E-state index contributed by atoms with van der Waals surface area (Å²) in [6.07, 6.45) is -3.14. The Labute approximate surface area is 158 Å². The van der Waals surface area contributed by atoms with Crippen LogP contribution in [0.5, 0.6) is 0 Å². The molecule has 27 heavy (non-hydrogen) atoms. The van der Waals surface area contributed by atoms with E-state index in [0.717, 1.165) is 22.3 Å². The van der Waals surface area contributed by atoms with Crippen molar-refractivity contribution in [2.75, 3.05) is 0 Å². The number of halogens is 3. The lowest BCUT2D eigenvalue weighted by Gasteiger charge is -2.25. The van der Waals surface area contributed by atoms with Crippen LogP contribution in [-0.4, -0.2) is 17.0 Å². The van der Waals surface area contributed by atoms with Gasteiger partial charge >= 0.3 is 12.1 Å². The molecule has 0 aliphatic carbocycles. The maximum absolute atomic E-state index is 12.9. The first kappa shape index (κ1) is 19.2. The first-order valence-corrected chi connectivity index (χ1v) is 9.35. The fraction of sp³-hybridized carbons (Fsp3) is 0.143. The van der Waals surface area contributed by atoms with Crippen molar-refractivity contribution in [3.63, 3.8) is 0 Å². The standard InChI is InChI=1S/C21H17F3O2S/c1-14-13-15(2)19(17-11-7-4-8-12-17)27(26-20(25)21(22,23)24)18(14)16-9-5-3-6-10-16/h3-13H,1-2H3. The Kier molecular flexibility index (Phi) is 5.37. The van der Waals surface area contributed by atoms with E-state index in [2.05, 4.69) is 0 Å². The number of rotatable bonds is 3. The molecule has 140 valence electrons. The topological polar surface area (TPSA) is 26.3 Å². The number of carbonyl (C=O) groups is 1. The summed E-state index contributed by atoms with van der Waals surface area (Å²) in [6, 6.07) is 18.1. The van der Waals surface area contributed by atoms with Gasteiger partial charge in [0.15, 0.2) is 0 Å². The van der Waals surface area contributed by atoms with Crippen molar-refractivity contribution in [2.45, 2.75) is 20.0 Å². The summed E-state index contributed by atoms with van der Waals surface area (Å²) in [5.41, 5.74) is 3.00. The zero-order chi connectivity index (χ0) is 19.6. The molecule has 3 rings (SSSR count). The summed E-state index contributed by atoms with van der Waals surface area (Å²) in [5.74, 6) is -2.19. The van der Waals surface area contributed by atoms with Crippen LogP contribution in [-0.2, 0) is 8.98 Å². The van der Waals surface area contributed by atoms with E-state index in [9.17, 15) is 18.0 Å². The molecule has 2 nitrogen and oxygen atoms in total. The van der Waals surface area contributed by atoms with Crippen molar-refractivity contribution in [2.24, 2.45) is 0 Å². The third kappa shape index (κ3) is 4.06. The van der Waals surface area contributed by atoms with Crippen LogP contribution < -0.4 is 0 Å². The van der Waals surface area contributed by atoms with Crippen molar-refractivity contribution in [1.82, 2.24) is 0 Å². The minimum Gasteiger partial charge on any atom is -0.388 e. The van der Waals surface area contributed by atoms with Crippen LogP contribution in [0.2, 0.25) is 0 Å². The van der Waals surface area contributed by atoms with Crippen molar-refractivity contribution >= 4 is 26.5 Å². The average Bonchev–Trinajstić information content (AvgIpc) is 2.62. The quantitative estimate of drug-likeness (QED) is 0.611. The van der Waals surface area contributed by atoms with Gasteiger partial charge in [0.1, 0.15) is 0 Å². The van der Waals surface area contributed by atoms with Gasteiger partial charge in [0, 0.05) is 20.5 Å². The Bertz CT molecular complexity index is 956. The van der Waals surface area contributed by atoms with Crippen LogP contribution in [0.3, 0.4) is 0 Å². The molecule has 0 amide bonds. The van der Waals surface area contributed by atoms with Gasteiger partial charge in [0.2, 0.25) is 0 Å². The molecular formula is C21H17F3O2S. The summed E-state index contributed by atoms with van der Waals surface area (Å²) in [5, 5.41) is 0. The number of benzene rings is 2. The van der Waals surface area contributed by atoms with Crippen LogP contribution >= 0.6 is 10.8 Å². The third-order valence-electron chi connectivity index (χ3n) is 3.98. The number of hydrogen-bond donors (Lipinski definition) is 0. The van der Waals surface area contributed by atoms with E-state index in [0.29, 0.717) is 9.77 Å². The second-order valence-electron chi connectivity index (χ2n) is 6.04. The molecule has 0 fully saturated rings. The summed E-state index contributed by atoms with van der Waals surface area (Å²) in [6.45, 7) is 3.63. The molecule has 0 radical (unpaired) electrons. The van der Waals surface area contributed by atoms with Gasteiger partial charge < -0.3 is 4.18 Å². The van der Waals surface area contributed by atoms with Crippen LogP contribution in [0.1, 0.15) is 25.0 Å². The maximum atomic E-state index is 12.9. The minimum absolute atomic E-state index is 0.581. The molecular weight excluding hydrogens is 373 g/mol. The molecule has 2 aromatic carbocycles. The molecule has 6 heteroatoms. The van der Waals surface area contributed by atoms with Gasteiger partial charge in [-0.25, -0.2) is 4.79 Å². The van der Waals surface area contributed by atoms with Gasteiger partial charge in [-0.15, -0.1) is 0 Å². The summed E-state index contributed by atoms with van der Waals surface area (Å²) >= 11 is 0. The van der Waals surface area contributed by atoms with Crippen molar-refractivity contribution < 1.29 is 22.1 Å². The lowest BCUT2D eigenvalue weighted by molar-refractivity contribution is -0.188. The van der Waals surface area contributed by atoms with E-state index in [1.165, 1.54) is 0 Å². The molecule has 0 aromatic heterocycles. The number of allylic oxidation sites excluding steroid dienone is 3. The molecule has 0 saturated carbocycles. The lowest BCUT2D eigenvalue weighted by Crippen LogP contribution is -2.25. The highest BCUT2D eigenvalue weighted by Crippen LogP contribution is 2.46. The third-order valence-corrected chi connectivity index (χ3v) is 6.16. The van der Waals surface area contributed by atoms with E-state index >= 15 is 0 Å². The lowest BCUT2D eigenvalue weighted by atomic mass is 10.0. The molecule has 0 spiro atoms. The van der Waals surface area contributed by atoms with Gasteiger partial charge in [-0.1, -0.05) is 66.7 Å². The Hall–Kier alpha value is -2.60. The van der Waals surface area contributed by atoms with Crippen molar-refractivity contribution in [3.05, 3.63) is 89.0 Å². The number of carbonyl (C=O) groups excluding carboxylic acids is 1. The van der Waals surface area contributed by atoms with Crippen LogP contribution in [0.4, 0.5) is 13.2 Å². The van der Waals surface area contributed by atoms with E-state index in [4.69, 9.17) is 4.18 Å². The van der Waals surface area contributed by atoms with Crippen LogP contribution in [0.15, 0.2) is 77.9 Å². The zero-order valence-electron chi connectivity index (χ0n) is 14.7. The van der Waals surface area contributed by atoms with E-state index < -0.39 is 22.9 Å². The highest BCUT2D eigenvalue weighted by atomic mass is 32.2. The number of alkyl halides is 3. The van der Waals surface area contributed by atoms with Gasteiger partial charge in [0.25, 0.3) is 0 Å². The van der Waals surface area contributed by atoms with Gasteiger partial charge in [-0.05, 0) is 36.1 Å². The Morgan fingerprint density at radius 2 is 1.41 bits per heavy atom. The predicted octanol–water partition coefficient (Wildman–Crippen LogP) is 5.89. The van der Waals surface area contributed by atoms with E-state index in [1.54, 1.807) is 48.5 Å². The maximum Gasteiger partial charge on any atom is 0.492 e. The molecule has 2 aromatic rings. The molecule has 1 aliphatic rings. The molecule has 0 bridgehead atoms. The van der Waals surface area contributed by atoms with Crippen molar-refractivity contribution in [3.8, 4) is 0 Å². The van der Waals surface area contributed by atoms with E-state index in [-0.39, 0.29) is 0 Å². The number of hydrogen-bond acceptors (Lipinski definition) is 2. The highest BCUT2D eigenvalue weighted by molar-refractivity contribution is 8.20. The second kappa shape index (κ2) is 7.56. The minimum atomic E-state index is -5.06. The zero-order valence-corrected chi connectivity index (χ0v) is 15.5. The summed E-state index contributed by atoms with van der Waals surface area (Å²) in [7, 11) is -1.50. The Morgan fingerprint density at radius 3 is 1.93 bits per heavy atom. The SMILES string of the molecule is CC1=CC(C)=C(c2ccccc2)S(OC(=O)C(F)(F)F)=C1c1ccccc1. The Morgan fingerprint density at radius 1 is 0.889 bits per heavy atom. The Balaban J connectivity index is 2.26. The molecule has 1 atom stereocenters.